The summed E-state index contributed by atoms with van der Waals surface area (Å²) in [6, 6.07) is 6.64. The van der Waals surface area contributed by atoms with Crippen molar-refractivity contribution in [2.24, 2.45) is 0 Å². The highest BCUT2D eigenvalue weighted by Crippen LogP contribution is 2.17. The molecular weight excluding hydrogens is 366 g/mol. The number of rotatable bonds is 8. The predicted molar refractivity (Wildman–Crippen MR) is 99.3 cm³/mol. The van der Waals surface area contributed by atoms with Gasteiger partial charge in [0.15, 0.2) is 6.10 Å². The molecule has 4 amide bonds. The number of imide groups is 1. The van der Waals surface area contributed by atoms with E-state index < -0.39 is 35.5 Å². The fourth-order valence-electron chi connectivity index (χ4n) is 2.61. The van der Waals surface area contributed by atoms with Crippen molar-refractivity contribution >= 4 is 23.8 Å². The summed E-state index contributed by atoms with van der Waals surface area (Å²) >= 11 is 0. The molecular formula is C19H25N3O6. The Balaban J connectivity index is 1.75. The predicted octanol–water partition coefficient (Wildman–Crippen LogP) is 0.964. The Labute approximate surface area is 163 Å². The van der Waals surface area contributed by atoms with Gasteiger partial charge in [-0.15, -0.1) is 0 Å². The Morgan fingerprint density at radius 1 is 1.21 bits per heavy atom. The first kappa shape index (κ1) is 21.2. The van der Waals surface area contributed by atoms with Gasteiger partial charge in [-0.1, -0.05) is 12.1 Å². The van der Waals surface area contributed by atoms with Crippen molar-refractivity contribution in [2.45, 2.75) is 45.4 Å². The first-order valence-electron chi connectivity index (χ1n) is 8.88. The largest absolute Gasteiger partial charge is 0.497 e. The third-order valence-electron chi connectivity index (χ3n) is 4.29. The van der Waals surface area contributed by atoms with Crippen LogP contribution in [0.3, 0.4) is 0 Å². The molecule has 28 heavy (non-hydrogen) atoms. The van der Waals surface area contributed by atoms with E-state index in [0.29, 0.717) is 5.75 Å². The molecule has 1 atom stereocenters. The molecule has 0 unspecified atom stereocenters. The van der Waals surface area contributed by atoms with Crippen LogP contribution in [-0.2, 0) is 25.7 Å². The Hall–Kier alpha value is -3.10. The van der Waals surface area contributed by atoms with Crippen LogP contribution in [0.25, 0.3) is 0 Å². The molecule has 2 N–H and O–H groups in total. The molecule has 1 aliphatic heterocycles. The average Bonchev–Trinajstić information content (AvgIpc) is 2.85. The van der Waals surface area contributed by atoms with Gasteiger partial charge in [-0.25, -0.2) is 4.79 Å². The lowest BCUT2D eigenvalue weighted by Gasteiger charge is -2.17. The van der Waals surface area contributed by atoms with E-state index >= 15 is 0 Å². The maximum atomic E-state index is 12.1. The first-order chi connectivity index (χ1) is 13.1. The summed E-state index contributed by atoms with van der Waals surface area (Å²) in [7, 11) is 1.57. The summed E-state index contributed by atoms with van der Waals surface area (Å²) in [5, 5.41) is 5.21. The summed E-state index contributed by atoms with van der Waals surface area (Å²) < 4.78 is 10.1. The molecule has 0 spiro atoms. The Kier molecular flexibility index (Phi) is 6.61. The zero-order chi connectivity index (χ0) is 20.9. The molecule has 1 fully saturated rings. The standard InChI is InChI=1S/C19H25N3O6/c1-12(16(24)20-11-13-5-7-14(27-4)8-6-13)28-15(23)9-10-22-17(25)19(2,3)21-18(22)26/h5-8,12H,9-11H2,1-4H3,(H,20,24)(H,21,26)/t12-/m1/s1. The molecule has 0 aromatic heterocycles. The number of hydrogen-bond donors (Lipinski definition) is 2. The van der Waals surface area contributed by atoms with Gasteiger partial charge in [0.2, 0.25) is 0 Å². The lowest BCUT2D eigenvalue weighted by atomic mass is 10.1. The SMILES string of the molecule is COc1ccc(CNC(=O)[C@@H](C)OC(=O)CCN2C(=O)NC(C)(C)C2=O)cc1. The highest BCUT2D eigenvalue weighted by Gasteiger charge is 2.44. The maximum absolute atomic E-state index is 12.1. The molecule has 1 heterocycles. The minimum absolute atomic E-state index is 0.104. The minimum Gasteiger partial charge on any atom is -0.497 e. The van der Waals surface area contributed by atoms with E-state index in [2.05, 4.69) is 10.6 Å². The molecule has 0 saturated carbocycles. The lowest BCUT2D eigenvalue weighted by Crippen LogP contribution is -2.40. The second kappa shape index (κ2) is 8.73. The Morgan fingerprint density at radius 3 is 2.39 bits per heavy atom. The van der Waals surface area contributed by atoms with Crippen LogP contribution in [0.1, 0.15) is 32.8 Å². The summed E-state index contributed by atoms with van der Waals surface area (Å²) in [6.07, 6.45) is -1.18. The van der Waals surface area contributed by atoms with Gasteiger partial charge < -0.3 is 20.1 Å². The van der Waals surface area contributed by atoms with Crippen LogP contribution in [0.5, 0.6) is 5.75 Å². The minimum atomic E-state index is -0.995. The third kappa shape index (κ3) is 5.21. The zero-order valence-corrected chi connectivity index (χ0v) is 16.4. The number of ether oxygens (including phenoxy) is 2. The number of hydrogen-bond acceptors (Lipinski definition) is 6. The van der Waals surface area contributed by atoms with Crippen LogP contribution in [0.2, 0.25) is 0 Å². The molecule has 0 radical (unpaired) electrons. The van der Waals surface area contributed by atoms with Gasteiger partial charge in [0.25, 0.3) is 11.8 Å². The third-order valence-corrected chi connectivity index (χ3v) is 4.29. The van der Waals surface area contributed by atoms with Crippen LogP contribution in [0.15, 0.2) is 24.3 Å². The van der Waals surface area contributed by atoms with Gasteiger partial charge in [-0.2, -0.15) is 0 Å². The summed E-state index contributed by atoms with van der Waals surface area (Å²) in [5.74, 6) is -0.806. The van der Waals surface area contributed by atoms with Gasteiger partial charge in [0, 0.05) is 13.1 Å². The van der Waals surface area contributed by atoms with E-state index in [-0.39, 0.29) is 19.5 Å². The van der Waals surface area contributed by atoms with Gasteiger partial charge in [0.1, 0.15) is 11.3 Å². The highest BCUT2D eigenvalue weighted by molar-refractivity contribution is 6.06. The Morgan fingerprint density at radius 2 is 1.86 bits per heavy atom. The summed E-state index contributed by atoms with van der Waals surface area (Å²) in [4.78, 5) is 48.8. The van der Waals surface area contributed by atoms with E-state index in [0.717, 1.165) is 10.5 Å². The number of carbonyl (C=O) groups is 4. The molecule has 9 nitrogen and oxygen atoms in total. The second-order valence-electron chi connectivity index (χ2n) is 6.96. The fourth-order valence-corrected chi connectivity index (χ4v) is 2.61. The number of benzene rings is 1. The number of nitrogens with zero attached hydrogens (tertiary/aromatic N) is 1. The molecule has 9 heteroatoms. The number of nitrogens with one attached hydrogen (secondary N) is 2. The molecule has 1 aromatic rings. The van der Waals surface area contributed by atoms with Crippen molar-refractivity contribution in [3.63, 3.8) is 0 Å². The molecule has 0 bridgehead atoms. The zero-order valence-electron chi connectivity index (χ0n) is 16.4. The number of carbonyl (C=O) groups excluding carboxylic acids is 4. The molecule has 1 aliphatic rings. The van der Waals surface area contributed by atoms with Crippen LogP contribution in [0.4, 0.5) is 4.79 Å². The fraction of sp³-hybridized carbons (Fsp3) is 0.474. The normalized spacial score (nSPS) is 16.4. The summed E-state index contributed by atoms with van der Waals surface area (Å²) in [6.45, 7) is 4.80. The first-order valence-corrected chi connectivity index (χ1v) is 8.88. The van der Waals surface area contributed by atoms with Crippen LogP contribution >= 0.6 is 0 Å². The van der Waals surface area contributed by atoms with Gasteiger partial charge >= 0.3 is 12.0 Å². The highest BCUT2D eigenvalue weighted by atomic mass is 16.5. The van der Waals surface area contributed by atoms with E-state index in [1.54, 1.807) is 33.1 Å². The van der Waals surface area contributed by atoms with Crippen molar-refractivity contribution in [3.8, 4) is 5.75 Å². The van der Waals surface area contributed by atoms with E-state index in [1.165, 1.54) is 6.92 Å². The van der Waals surface area contributed by atoms with E-state index in [1.807, 2.05) is 12.1 Å². The van der Waals surface area contributed by atoms with Gasteiger partial charge in [-0.3, -0.25) is 19.3 Å². The van der Waals surface area contributed by atoms with Crippen molar-refractivity contribution in [3.05, 3.63) is 29.8 Å². The molecule has 2 rings (SSSR count). The number of urea groups is 1. The van der Waals surface area contributed by atoms with Crippen LogP contribution in [-0.4, -0.2) is 54.0 Å². The van der Waals surface area contributed by atoms with Crippen molar-refractivity contribution in [2.75, 3.05) is 13.7 Å². The second-order valence-corrected chi connectivity index (χ2v) is 6.96. The van der Waals surface area contributed by atoms with Gasteiger partial charge in [-0.05, 0) is 38.5 Å². The number of amides is 4. The average molecular weight is 391 g/mol. The smallest absolute Gasteiger partial charge is 0.325 e. The number of esters is 1. The Bertz CT molecular complexity index is 759. The van der Waals surface area contributed by atoms with Crippen molar-refractivity contribution in [1.29, 1.82) is 0 Å². The van der Waals surface area contributed by atoms with E-state index in [9.17, 15) is 19.2 Å². The summed E-state index contributed by atoms with van der Waals surface area (Å²) in [5.41, 5.74) is -0.121. The maximum Gasteiger partial charge on any atom is 0.325 e. The molecule has 0 aliphatic carbocycles. The quantitative estimate of drug-likeness (QED) is 0.504. The van der Waals surface area contributed by atoms with Crippen LogP contribution < -0.4 is 15.4 Å². The van der Waals surface area contributed by atoms with Gasteiger partial charge in [0.05, 0.1) is 13.5 Å². The molecule has 1 aromatic carbocycles. The topological polar surface area (TPSA) is 114 Å². The molecule has 152 valence electrons. The number of methoxy groups -OCH3 is 1. The van der Waals surface area contributed by atoms with Crippen molar-refractivity contribution in [1.82, 2.24) is 15.5 Å². The lowest BCUT2D eigenvalue weighted by molar-refractivity contribution is -0.155. The van der Waals surface area contributed by atoms with E-state index in [4.69, 9.17) is 9.47 Å². The van der Waals surface area contributed by atoms with Crippen LogP contribution in [0, 0.1) is 0 Å². The monoisotopic (exact) mass is 391 g/mol. The molecule has 1 saturated heterocycles. The van der Waals surface area contributed by atoms with Crippen molar-refractivity contribution < 1.29 is 28.7 Å².